The van der Waals surface area contributed by atoms with E-state index in [2.05, 4.69) is 4.98 Å². The summed E-state index contributed by atoms with van der Waals surface area (Å²) in [5.41, 5.74) is -1.01. The van der Waals surface area contributed by atoms with E-state index < -0.39 is 23.3 Å². The molecule has 0 fully saturated rings. The lowest BCUT2D eigenvalue weighted by Gasteiger charge is -2.08. The molecule has 8 heteroatoms. The molecule has 0 N–H and O–H groups in total. The molecular weight excluding hydrogens is 244 g/mol. The van der Waals surface area contributed by atoms with Crippen LogP contribution in [0, 0.1) is 0 Å². The first-order valence-electron chi connectivity index (χ1n) is 3.28. The van der Waals surface area contributed by atoms with Crippen LogP contribution in [0.1, 0.15) is 0 Å². The van der Waals surface area contributed by atoms with Crippen LogP contribution in [0.25, 0.3) is 0 Å². The highest BCUT2D eigenvalue weighted by Crippen LogP contribution is 2.18. The normalized spacial score (nSPS) is 11.8. The van der Waals surface area contributed by atoms with Crippen molar-refractivity contribution in [3.05, 3.63) is 26.9 Å². The van der Waals surface area contributed by atoms with E-state index in [4.69, 9.17) is 23.2 Å². The standard InChI is InChI=1S/C6H3Cl2F3N2O/c7-3-4(8)12-2-13(5(3)14)1-6(9,10)11/h2H,1H2. The summed E-state index contributed by atoms with van der Waals surface area (Å²) in [5, 5.41) is -0.825. The van der Waals surface area contributed by atoms with Crippen LogP contribution in [0.5, 0.6) is 0 Å². The lowest BCUT2D eigenvalue weighted by atomic mass is 10.5. The molecule has 0 bridgehead atoms. The molecule has 0 amide bonds. The number of aromatic nitrogens is 2. The summed E-state index contributed by atoms with van der Waals surface area (Å²) in [4.78, 5) is 14.4. The average Bonchev–Trinajstić information content (AvgIpc) is 2.04. The largest absolute Gasteiger partial charge is 0.406 e. The first-order valence-corrected chi connectivity index (χ1v) is 4.04. The quantitative estimate of drug-likeness (QED) is 0.712. The fraction of sp³-hybridized carbons (Fsp3) is 0.333. The van der Waals surface area contributed by atoms with Gasteiger partial charge in [-0.2, -0.15) is 13.2 Å². The highest BCUT2D eigenvalue weighted by molar-refractivity contribution is 6.40. The van der Waals surface area contributed by atoms with E-state index in [0.29, 0.717) is 10.9 Å². The molecule has 0 atom stereocenters. The fourth-order valence-electron chi connectivity index (χ4n) is 0.750. The maximum Gasteiger partial charge on any atom is 0.406 e. The van der Waals surface area contributed by atoms with Gasteiger partial charge in [-0.1, -0.05) is 23.2 Å². The molecule has 78 valence electrons. The van der Waals surface area contributed by atoms with Crippen LogP contribution < -0.4 is 5.56 Å². The Morgan fingerprint density at radius 1 is 1.43 bits per heavy atom. The van der Waals surface area contributed by atoms with Gasteiger partial charge in [0.05, 0.1) is 6.33 Å². The summed E-state index contributed by atoms with van der Waals surface area (Å²) in [6, 6.07) is 0. The van der Waals surface area contributed by atoms with Gasteiger partial charge in [0, 0.05) is 0 Å². The van der Waals surface area contributed by atoms with E-state index >= 15 is 0 Å². The van der Waals surface area contributed by atoms with Crippen molar-refractivity contribution in [1.29, 1.82) is 0 Å². The molecular formula is C6H3Cl2F3N2O. The molecule has 0 aliphatic rings. The van der Waals surface area contributed by atoms with Crippen LogP contribution in [-0.4, -0.2) is 15.7 Å². The molecule has 0 radical (unpaired) electrons. The van der Waals surface area contributed by atoms with Crippen molar-refractivity contribution in [2.45, 2.75) is 12.7 Å². The number of halogens is 5. The fourth-order valence-corrected chi connectivity index (χ4v) is 1.03. The third-order valence-electron chi connectivity index (χ3n) is 1.29. The van der Waals surface area contributed by atoms with Crippen molar-refractivity contribution in [2.24, 2.45) is 0 Å². The van der Waals surface area contributed by atoms with Gasteiger partial charge in [-0.05, 0) is 0 Å². The monoisotopic (exact) mass is 246 g/mol. The summed E-state index contributed by atoms with van der Waals surface area (Å²) in [5.74, 6) is 0. The van der Waals surface area contributed by atoms with Crippen LogP contribution in [0.4, 0.5) is 13.2 Å². The number of hydrogen-bond donors (Lipinski definition) is 0. The van der Waals surface area contributed by atoms with E-state index in [1.807, 2.05) is 0 Å². The average molecular weight is 247 g/mol. The van der Waals surface area contributed by atoms with Gasteiger partial charge in [-0.25, -0.2) is 4.98 Å². The van der Waals surface area contributed by atoms with Gasteiger partial charge in [0.2, 0.25) is 0 Å². The zero-order valence-electron chi connectivity index (χ0n) is 6.48. The summed E-state index contributed by atoms with van der Waals surface area (Å²) in [6.45, 7) is -1.43. The highest BCUT2D eigenvalue weighted by Gasteiger charge is 2.29. The van der Waals surface area contributed by atoms with Crippen LogP contribution in [-0.2, 0) is 6.54 Å². The highest BCUT2D eigenvalue weighted by atomic mass is 35.5. The second kappa shape index (κ2) is 3.78. The van der Waals surface area contributed by atoms with E-state index in [0.717, 1.165) is 0 Å². The van der Waals surface area contributed by atoms with E-state index in [9.17, 15) is 18.0 Å². The van der Waals surface area contributed by atoms with Crippen molar-refractivity contribution in [3.8, 4) is 0 Å². The van der Waals surface area contributed by atoms with E-state index in [1.54, 1.807) is 0 Å². The second-order valence-corrected chi connectivity index (χ2v) is 3.13. The molecule has 0 saturated carbocycles. The minimum atomic E-state index is -4.50. The predicted octanol–water partition coefficient (Wildman–Crippen LogP) is 2.11. The topological polar surface area (TPSA) is 34.9 Å². The maximum atomic E-state index is 11.9. The molecule has 0 aromatic carbocycles. The number of hydrogen-bond acceptors (Lipinski definition) is 2. The van der Waals surface area contributed by atoms with Crippen molar-refractivity contribution in [2.75, 3.05) is 0 Å². The molecule has 0 spiro atoms. The second-order valence-electron chi connectivity index (χ2n) is 2.40. The van der Waals surface area contributed by atoms with Crippen molar-refractivity contribution < 1.29 is 13.2 Å². The van der Waals surface area contributed by atoms with Gasteiger partial charge >= 0.3 is 6.18 Å². The summed E-state index contributed by atoms with van der Waals surface area (Å²) in [6.07, 6.45) is -3.80. The lowest BCUT2D eigenvalue weighted by molar-refractivity contribution is -0.141. The van der Waals surface area contributed by atoms with Crippen molar-refractivity contribution in [1.82, 2.24) is 9.55 Å². The Labute approximate surface area is 86.1 Å². The Morgan fingerprint density at radius 3 is 2.50 bits per heavy atom. The lowest BCUT2D eigenvalue weighted by Crippen LogP contribution is -2.28. The minimum Gasteiger partial charge on any atom is -0.289 e. The van der Waals surface area contributed by atoms with Gasteiger partial charge in [0.1, 0.15) is 11.6 Å². The Bertz CT molecular complexity index is 401. The van der Waals surface area contributed by atoms with Crippen LogP contribution >= 0.6 is 23.2 Å². The molecule has 0 aliphatic heterocycles. The minimum absolute atomic E-state index is 0.310. The number of alkyl halides is 3. The molecule has 14 heavy (non-hydrogen) atoms. The molecule has 1 heterocycles. The molecule has 0 saturated heterocycles. The molecule has 3 nitrogen and oxygen atoms in total. The third kappa shape index (κ3) is 2.62. The number of rotatable bonds is 1. The van der Waals surface area contributed by atoms with Crippen LogP contribution in [0.2, 0.25) is 10.2 Å². The Kier molecular flexibility index (Phi) is 3.06. The van der Waals surface area contributed by atoms with Crippen LogP contribution in [0.15, 0.2) is 11.1 Å². The first kappa shape index (κ1) is 11.3. The zero-order chi connectivity index (χ0) is 10.9. The summed E-state index contributed by atoms with van der Waals surface area (Å²) < 4.78 is 36.0. The van der Waals surface area contributed by atoms with Gasteiger partial charge in [-0.3, -0.25) is 9.36 Å². The molecule has 1 aromatic heterocycles. The van der Waals surface area contributed by atoms with Crippen molar-refractivity contribution in [3.63, 3.8) is 0 Å². The molecule has 1 rings (SSSR count). The smallest absolute Gasteiger partial charge is 0.289 e. The summed E-state index contributed by atoms with van der Waals surface area (Å²) in [7, 11) is 0. The predicted molar refractivity (Wildman–Crippen MR) is 44.6 cm³/mol. The first-order chi connectivity index (χ1) is 6.31. The molecule has 0 aliphatic carbocycles. The Hall–Kier alpha value is -0.750. The van der Waals surface area contributed by atoms with Crippen molar-refractivity contribution >= 4 is 23.2 Å². The Morgan fingerprint density at radius 2 is 2.00 bits per heavy atom. The molecule has 0 unspecified atom stereocenters. The SMILES string of the molecule is O=c1c(Cl)c(Cl)ncn1CC(F)(F)F. The molecule has 1 aromatic rings. The van der Waals surface area contributed by atoms with Gasteiger partial charge in [0.25, 0.3) is 5.56 Å². The third-order valence-corrected chi connectivity index (χ3v) is 2.01. The van der Waals surface area contributed by atoms with Crippen LogP contribution in [0.3, 0.4) is 0 Å². The van der Waals surface area contributed by atoms with Gasteiger partial charge < -0.3 is 0 Å². The van der Waals surface area contributed by atoms with E-state index in [-0.39, 0.29) is 5.15 Å². The van der Waals surface area contributed by atoms with Gasteiger partial charge in [0.15, 0.2) is 5.15 Å². The van der Waals surface area contributed by atoms with E-state index in [1.165, 1.54) is 0 Å². The Balaban J connectivity index is 3.13. The van der Waals surface area contributed by atoms with Gasteiger partial charge in [-0.15, -0.1) is 0 Å². The summed E-state index contributed by atoms with van der Waals surface area (Å²) >= 11 is 10.6. The number of nitrogens with zero attached hydrogens (tertiary/aromatic N) is 2. The maximum absolute atomic E-state index is 11.9. The zero-order valence-corrected chi connectivity index (χ0v) is 7.99.